The fourth-order valence-corrected chi connectivity index (χ4v) is 5.36. The van der Waals surface area contributed by atoms with Crippen LogP contribution in [-0.2, 0) is 16.6 Å². The summed E-state index contributed by atoms with van der Waals surface area (Å²) in [4.78, 5) is 29.0. The predicted molar refractivity (Wildman–Crippen MR) is 129 cm³/mol. The summed E-state index contributed by atoms with van der Waals surface area (Å²) in [5, 5.41) is 8.03. The van der Waals surface area contributed by atoms with E-state index in [2.05, 4.69) is 15.4 Å². The van der Waals surface area contributed by atoms with Crippen molar-refractivity contribution in [3.05, 3.63) is 53.5 Å². The molecule has 1 aromatic carbocycles. The van der Waals surface area contributed by atoms with Crippen LogP contribution in [0.2, 0.25) is 0 Å². The van der Waals surface area contributed by atoms with Gasteiger partial charge in [0.05, 0.1) is 28.2 Å². The van der Waals surface area contributed by atoms with Crippen molar-refractivity contribution >= 4 is 38.4 Å². The zero-order valence-electron chi connectivity index (χ0n) is 19.2. The number of sulfonamides is 1. The maximum Gasteiger partial charge on any atom is 0.267 e. The second-order valence-electron chi connectivity index (χ2n) is 8.48. The minimum atomic E-state index is -3.15. The molecule has 1 aliphatic heterocycles. The van der Waals surface area contributed by atoms with Crippen LogP contribution in [0.1, 0.15) is 46.3 Å². The van der Waals surface area contributed by atoms with Gasteiger partial charge >= 0.3 is 0 Å². The Morgan fingerprint density at radius 2 is 1.91 bits per heavy atom. The molecule has 10 nitrogen and oxygen atoms in total. The van der Waals surface area contributed by atoms with Crippen molar-refractivity contribution in [1.82, 2.24) is 19.1 Å². The lowest BCUT2D eigenvalue weighted by atomic mass is 9.98. The van der Waals surface area contributed by atoms with Crippen molar-refractivity contribution in [2.75, 3.05) is 24.2 Å². The van der Waals surface area contributed by atoms with Gasteiger partial charge in [-0.2, -0.15) is 5.10 Å². The number of piperidine rings is 1. The number of primary amides is 1. The smallest absolute Gasteiger partial charge is 0.267 e. The number of aromatic nitrogens is 3. The molecule has 180 valence electrons. The molecule has 0 spiro atoms. The molecule has 3 heterocycles. The average molecular weight is 485 g/mol. The summed E-state index contributed by atoms with van der Waals surface area (Å²) in [5.74, 6) is -0.677. The predicted octanol–water partition coefficient (Wildman–Crippen LogP) is 2.15. The lowest BCUT2D eigenvalue weighted by Crippen LogP contribution is -2.40. The molecular formula is C23H28N6O4S. The quantitative estimate of drug-likeness (QED) is 0.527. The molecule has 1 saturated heterocycles. The Kier molecular flexibility index (Phi) is 6.67. The molecule has 0 atom stereocenters. The summed E-state index contributed by atoms with van der Waals surface area (Å²) >= 11 is 0. The highest BCUT2D eigenvalue weighted by Crippen LogP contribution is 2.24. The lowest BCUT2D eigenvalue weighted by molar-refractivity contribution is 0.0996. The zero-order valence-corrected chi connectivity index (χ0v) is 20.0. The standard InChI is InChI=1S/C23H28N6O4S/c1-3-34(32,33)29-10-8-16(9-11-29)13-28-14-21(15(2)27-28)26-23(31)18-12-20(22(24)30)25-19-7-5-4-6-17(18)19/h4-7,12,14,16H,3,8-11,13H2,1-2H3,(H2,24,30)(H,26,31). The third kappa shape index (κ3) is 4.95. The van der Waals surface area contributed by atoms with Crippen molar-refractivity contribution in [3.63, 3.8) is 0 Å². The largest absolute Gasteiger partial charge is 0.364 e. The molecule has 34 heavy (non-hydrogen) atoms. The summed E-state index contributed by atoms with van der Waals surface area (Å²) in [7, 11) is -3.15. The van der Waals surface area contributed by atoms with E-state index in [0.717, 1.165) is 12.8 Å². The van der Waals surface area contributed by atoms with Crippen molar-refractivity contribution in [2.45, 2.75) is 33.2 Å². The molecule has 3 N–H and O–H groups in total. The van der Waals surface area contributed by atoms with Gasteiger partial charge in [0, 0.05) is 31.2 Å². The first-order valence-electron chi connectivity index (χ1n) is 11.2. The van der Waals surface area contributed by atoms with Gasteiger partial charge in [-0.25, -0.2) is 17.7 Å². The van der Waals surface area contributed by atoms with Gasteiger partial charge in [-0.1, -0.05) is 18.2 Å². The minimum Gasteiger partial charge on any atom is -0.364 e. The summed E-state index contributed by atoms with van der Waals surface area (Å²) in [5.41, 5.74) is 7.46. The Balaban J connectivity index is 1.48. The number of hydrogen-bond donors (Lipinski definition) is 2. The van der Waals surface area contributed by atoms with Crippen LogP contribution in [0.25, 0.3) is 10.9 Å². The highest BCUT2D eigenvalue weighted by molar-refractivity contribution is 7.89. The van der Waals surface area contributed by atoms with Crippen LogP contribution in [0, 0.1) is 12.8 Å². The van der Waals surface area contributed by atoms with Crippen molar-refractivity contribution in [3.8, 4) is 0 Å². The topological polar surface area (TPSA) is 140 Å². The second-order valence-corrected chi connectivity index (χ2v) is 10.7. The molecule has 0 unspecified atom stereocenters. The third-order valence-electron chi connectivity index (χ3n) is 6.18. The first-order valence-corrected chi connectivity index (χ1v) is 12.8. The summed E-state index contributed by atoms with van der Waals surface area (Å²) in [6, 6.07) is 8.46. The van der Waals surface area contributed by atoms with Gasteiger partial charge in [0.2, 0.25) is 10.0 Å². The van der Waals surface area contributed by atoms with Crippen LogP contribution in [0.5, 0.6) is 0 Å². The molecule has 3 aromatic rings. The fourth-order valence-electron chi connectivity index (χ4n) is 4.23. The molecule has 2 amide bonds. The van der Waals surface area contributed by atoms with Crippen LogP contribution in [0.4, 0.5) is 5.69 Å². The highest BCUT2D eigenvalue weighted by atomic mass is 32.2. The van der Waals surface area contributed by atoms with E-state index in [1.807, 2.05) is 6.92 Å². The maximum absolute atomic E-state index is 13.1. The SMILES string of the molecule is CCS(=O)(=O)N1CCC(Cn2cc(NC(=O)c3cc(C(N)=O)nc4ccccc34)c(C)n2)CC1. The second kappa shape index (κ2) is 9.51. The van der Waals surface area contributed by atoms with Crippen LogP contribution < -0.4 is 11.1 Å². The number of hydrogen-bond acceptors (Lipinski definition) is 6. The Hall–Kier alpha value is -3.31. The number of carbonyl (C=O) groups excluding carboxylic acids is 2. The Morgan fingerprint density at radius 3 is 2.59 bits per heavy atom. The molecule has 0 aliphatic carbocycles. The van der Waals surface area contributed by atoms with Crippen LogP contribution in [-0.4, -0.2) is 58.1 Å². The number of nitrogens with two attached hydrogens (primary N) is 1. The van der Waals surface area contributed by atoms with Crippen molar-refractivity contribution in [2.24, 2.45) is 11.7 Å². The maximum atomic E-state index is 13.1. The molecule has 1 aliphatic rings. The first kappa shape index (κ1) is 23.8. The van der Waals surface area contributed by atoms with Gasteiger partial charge in [-0.15, -0.1) is 0 Å². The van der Waals surface area contributed by atoms with Gasteiger partial charge in [0.25, 0.3) is 11.8 Å². The van der Waals surface area contributed by atoms with E-state index < -0.39 is 15.9 Å². The first-order chi connectivity index (χ1) is 16.2. The number of nitrogens with zero attached hydrogens (tertiary/aromatic N) is 4. The molecule has 2 aromatic heterocycles. The van der Waals surface area contributed by atoms with E-state index in [1.165, 1.54) is 6.07 Å². The van der Waals surface area contributed by atoms with Gasteiger partial charge < -0.3 is 11.1 Å². The zero-order chi connectivity index (χ0) is 24.5. The Bertz CT molecular complexity index is 1340. The molecule has 1 fully saturated rings. The van der Waals surface area contributed by atoms with Gasteiger partial charge in [-0.3, -0.25) is 14.3 Å². The summed E-state index contributed by atoms with van der Waals surface area (Å²) in [6.07, 6.45) is 3.30. The van der Waals surface area contributed by atoms with E-state index >= 15 is 0 Å². The van der Waals surface area contributed by atoms with Crippen LogP contribution in [0.3, 0.4) is 0 Å². The number of rotatable bonds is 7. The highest BCUT2D eigenvalue weighted by Gasteiger charge is 2.27. The molecular weight excluding hydrogens is 456 g/mol. The average Bonchev–Trinajstić information content (AvgIpc) is 3.16. The number of benzene rings is 1. The number of anilines is 1. The van der Waals surface area contributed by atoms with E-state index in [4.69, 9.17) is 5.73 Å². The van der Waals surface area contributed by atoms with Crippen molar-refractivity contribution in [1.29, 1.82) is 0 Å². The molecule has 0 saturated carbocycles. The Labute approximate surface area is 198 Å². The molecule has 11 heteroatoms. The number of carbonyl (C=O) groups is 2. The number of pyridine rings is 1. The third-order valence-corrected chi connectivity index (χ3v) is 8.07. The monoisotopic (exact) mass is 484 g/mol. The van der Waals surface area contributed by atoms with Crippen LogP contribution >= 0.6 is 0 Å². The summed E-state index contributed by atoms with van der Waals surface area (Å²) < 4.78 is 27.5. The molecule has 4 rings (SSSR count). The molecule has 0 radical (unpaired) electrons. The summed E-state index contributed by atoms with van der Waals surface area (Å²) in [6.45, 7) is 5.14. The van der Waals surface area contributed by atoms with Crippen molar-refractivity contribution < 1.29 is 18.0 Å². The number of aryl methyl sites for hydroxylation is 1. The minimum absolute atomic E-state index is 0.0210. The van der Waals surface area contributed by atoms with E-state index in [9.17, 15) is 18.0 Å². The lowest BCUT2D eigenvalue weighted by Gasteiger charge is -2.30. The number of nitrogens with one attached hydrogen (secondary N) is 1. The molecule has 0 bridgehead atoms. The van der Waals surface area contributed by atoms with E-state index in [0.29, 0.717) is 53.4 Å². The fraction of sp³-hybridized carbons (Fsp3) is 0.391. The van der Waals surface area contributed by atoms with E-state index in [-0.39, 0.29) is 17.4 Å². The van der Waals surface area contributed by atoms with Gasteiger partial charge in [-0.05, 0) is 44.7 Å². The number of amides is 2. The normalized spacial score (nSPS) is 15.5. The Morgan fingerprint density at radius 1 is 1.21 bits per heavy atom. The van der Waals surface area contributed by atoms with E-state index in [1.54, 1.807) is 46.4 Å². The number of fused-ring (bicyclic) bond motifs is 1. The number of para-hydroxylation sites is 1. The van der Waals surface area contributed by atoms with Crippen LogP contribution in [0.15, 0.2) is 36.5 Å². The van der Waals surface area contributed by atoms with Gasteiger partial charge in [0.15, 0.2) is 0 Å². The van der Waals surface area contributed by atoms with Gasteiger partial charge in [0.1, 0.15) is 5.69 Å².